The van der Waals surface area contributed by atoms with Gasteiger partial charge in [0.1, 0.15) is 6.10 Å². The Morgan fingerprint density at radius 2 is 1.62 bits per heavy atom. The summed E-state index contributed by atoms with van der Waals surface area (Å²) < 4.78 is 5.34. The molecule has 4 heteroatoms. The average Bonchev–Trinajstić information content (AvgIpc) is 2.20. The van der Waals surface area contributed by atoms with Gasteiger partial charge >= 0.3 is 0 Å². The van der Waals surface area contributed by atoms with Crippen molar-refractivity contribution >= 4 is 0 Å². The Hall–Kier alpha value is -0.160. The van der Waals surface area contributed by atoms with Crippen molar-refractivity contribution in [3.63, 3.8) is 0 Å². The van der Waals surface area contributed by atoms with Gasteiger partial charge in [-0.3, -0.25) is 5.73 Å². The molecule has 0 aromatic rings. The van der Waals surface area contributed by atoms with Crippen molar-refractivity contribution in [1.29, 1.82) is 0 Å². The molecule has 0 saturated carbocycles. The van der Waals surface area contributed by atoms with Crippen LogP contribution >= 0.6 is 0 Å². The van der Waals surface area contributed by atoms with Gasteiger partial charge in [0.05, 0.1) is 0 Å². The van der Waals surface area contributed by atoms with Crippen molar-refractivity contribution in [3.05, 3.63) is 0 Å². The van der Waals surface area contributed by atoms with Crippen LogP contribution in [-0.4, -0.2) is 28.8 Å². The van der Waals surface area contributed by atoms with Crippen molar-refractivity contribution < 1.29 is 14.9 Å². The first kappa shape index (κ1) is 15.8. The lowest BCUT2D eigenvalue weighted by atomic mass is 10.1. The summed E-state index contributed by atoms with van der Waals surface area (Å²) in [6.07, 6.45) is 6.93. The molecule has 0 saturated heterocycles. The Morgan fingerprint density at radius 3 is 2.12 bits per heavy atom. The summed E-state index contributed by atoms with van der Waals surface area (Å²) in [6.45, 7) is 4.56. The molecular formula is C12H27NO3. The third-order valence-corrected chi connectivity index (χ3v) is 2.66. The maximum atomic E-state index is 9.16. The zero-order chi connectivity index (χ0) is 12.4. The maximum absolute atomic E-state index is 9.16. The third-order valence-electron chi connectivity index (χ3n) is 2.66. The van der Waals surface area contributed by atoms with Crippen LogP contribution in [0.25, 0.3) is 0 Å². The molecule has 1 atom stereocenters. The molecule has 0 fully saturated rings. The molecule has 0 heterocycles. The van der Waals surface area contributed by atoms with Crippen LogP contribution in [0.5, 0.6) is 0 Å². The number of nitrogens with two attached hydrogens (primary N) is 1. The van der Waals surface area contributed by atoms with E-state index in [-0.39, 0.29) is 0 Å². The fourth-order valence-electron chi connectivity index (χ4n) is 1.65. The van der Waals surface area contributed by atoms with E-state index >= 15 is 0 Å². The molecule has 16 heavy (non-hydrogen) atoms. The normalized spacial score (nSPS) is 14.1. The molecule has 0 aliphatic carbocycles. The standard InChI is InChI=1S/C12H27NO3/c1-3-5-6-7-8-9-10-16-11(4-2)12(13,14)15/h11,14-15H,3-10,13H2,1-2H3. The minimum atomic E-state index is -2.21. The van der Waals surface area contributed by atoms with E-state index in [9.17, 15) is 0 Å². The smallest absolute Gasteiger partial charge is 0.247 e. The van der Waals surface area contributed by atoms with Gasteiger partial charge < -0.3 is 14.9 Å². The molecule has 0 aliphatic heterocycles. The summed E-state index contributed by atoms with van der Waals surface area (Å²) in [5, 5.41) is 18.3. The summed E-state index contributed by atoms with van der Waals surface area (Å²) in [6, 6.07) is 0. The van der Waals surface area contributed by atoms with Crippen LogP contribution in [0.2, 0.25) is 0 Å². The molecule has 0 aromatic heterocycles. The van der Waals surface area contributed by atoms with E-state index in [1.807, 2.05) is 6.92 Å². The fourth-order valence-corrected chi connectivity index (χ4v) is 1.65. The van der Waals surface area contributed by atoms with Gasteiger partial charge in [-0.2, -0.15) is 0 Å². The zero-order valence-electron chi connectivity index (χ0n) is 10.6. The minimum absolute atomic E-state index is 0.499. The topological polar surface area (TPSA) is 75.7 Å². The van der Waals surface area contributed by atoms with Crippen molar-refractivity contribution in [2.75, 3.05) is 6.61 Å². The number of hydrogen-bond donors (Lipinski definition) is 3. The molecular weight excluding hydrogens is 206 g/mol. The van der Waals surface area contributed by atoms with Crippen molar-refractivity contribution in [2.24, 2.45) is 5.73 Å². The molecule has 0 aromatic carbocycles. The number of ether oxygens (including phenoxy) is 1. The van der Waals surface area contributed by atoms with Gasteiger partial charge in [0.15, 0.2) is 0 Å². The molecule has 0 rings (SSSR count). The summed E-state index contributed by atoms with van der Waals surface area (Å²) in [5.74, 6) is -2.21. The Bertz CT molecular complexity index is 157. The minimum Gasteiger partial charge on any atom is -0.371 e. The van der Waals surface area contributed by atoms with E-state index < -0.39 is 12.0 Å². The number of unbranched alkanes of at least 4 members (excludes halogenated alkanes) is 5. The third kappa shape index (κ3) is 8.05. The highest BCUT2D eigenvalue weighted by Gasteiger charge is 2.29. The Labute approximate surface area is 98.8 Å². The molecule has 0 aliphatic rings. The Morgan fingerprint density at radius 1 is 1.06 bits per heavy atom. The SMILES string of the molecule is CCCCCCCCOC(CC)C(N)(O)O. The lowest BCUT2D eigenvalue weighted by Gasteiger charge is -2.26. The van der Waals surface area contributed by atoms with Gasteiger partial charge in [-0.05, 0) is 12.8 Å². The monoisotopic (exact) mass is 233 g/mol. The van der Waals surface area contributed by atoms with Crippen LogP contribution in [0.3, 0.4) is 0 Å². The summed E-state index contributed by atoms with van der Waals surface area (Å²) in [7, 11) is 0. The predicted molar refractivity (Wildman–Crippen MR) is 64.8 cm³/mol. The lowest BCUT2D eigenvalue weighted by molar-refractivity contribution is -0.235. The first-order valence-corrected chi connectivity index (χ1v) is 6.37. The van der Waals surface area contributed by atoms with E-state index in [1.54, 1.807) is 0 Å². The van der Waals surface area contributed by atoms with E-state index in [2.05, 4.69) is 6.92 Å². The number of rotatable bonds is 10. The van der Waals surface area contributed by atoms with E-state index in [1.165, 1.54) is 25.7 Å². The van der Waals surface area contributed by atoms with E-state index in [0.29, 0.717) is 13.0 Å². The van der Waals surface area contributed by atoms with Gasteiger partial charge in [0, 0.05) is 6.61 Å². The highest BCUT2D eigenvalue weighted by atomic mass is 16.6. The molecule has 0 bridgehead atoms. The molecule has 98 valence electrons. The van der Waals surface area contributed by atoms with Gasteiger partial charge in [0.2, 0.25) is 5.91 Å². The van der Waals surface area contributed by atoms with E-state index in [0.717, 1.165) is 12.8 Å². The fraction of sp³-hybridized carbons (Fsp3) is 1.00. The van der Waals surface area contributed by atoms with Crippen molar-refractivity contribution in [2.45, 2.75) is 70.8 Å². The molecule has 0 amide bonds. The first-order chi connectivity index (χ1) is 7.52. The maximum Gasteiger partial charge on any atom is 0.247 e. The zero-order valence-corrected chi connectivity index (χ0v) is 10.6. The van der Waals surface area contributed by atoms with Crippen LogP contribution < -0.4 is 5.73 Å². The molecule has 4 N–H and O–H groups in total. The van der Waals surface area contributed by atoms with Crippen LogP contribution in [0, 0.1) is 0 Å². The lowest BCUT2D eigenvalue weighted by Crippen LogP contribution is -2.51. The highest BCUT2D eigenvalue weighted by molar-refractivity contribution is 4.68. The van der Waals surface area contributed by atoms with Crippen LogP contribution in [0.4, 0.5) is 0 Å². The predicted octanol–water partition coefficient (Wildman–Crippen LogP) is 1.74. The first-order valence-electron chi connectivity index (χ1n) is 6.37. The van der Waals surface area contributed by atoms with E-state index in [4.69, 9.17) is 20.7 Å². The Balaban J connectivity index is 3.42. The van der Waals surface area contributed by atoms with Gasteiger partial charge in [-0.1, -0.05) is 46.0 Å². The van der Waals surface area contributed by atoms with Gasteiger partial charge in [-0.25, -0.2) is 0 Å². The second-order valence-electron chi connectivity index (χ2n) is 4.32. The average molecular weight is 233 g/mol. The quantitative estimate of drug-likeness (QED) is 0.397. The van der Waals surface area contributed by atoms with Crippen LogP contribution in [0.1, 0.15) is 58.8 Å². The van der Waals surface area contributed by atoms with Crippen molar-refractivity contribution in [3.8, 4) is 0 Å². The Kier molecular flexibility index (Phi) is 8.84. The summed E-state index contributed by atoms with van der Waals surface area (Å²) >= 11 is 0. The second-order valence-corrected chi connectivity index (χ2v) is 4.32. The largest absolute Gasteiger partial charge is 0.371 e. The number of aliphatic hydroxyl groups is 2. The van der Waals surface area contributed by atoms with Crippen LogP contribution in [0.15, 0.2) is 0 Å². The van der Waals surface area contributed by atoms with Crippen molar-refractivity contribution in [1.82, 2.24) is 0 Å². The summed E-state index contributed by atoms with van der Waals surface area (Å²) in [4.78, 5) is 0. The van der Waals surface area contributed by atoms with Gasteiger partial charge in [0.25, 0.3) is 0 Å². The van der Waals surface area contributed by atoms with Gasteiger partial charge in [-0.15, -0.1) is 0 Å². The molecule has 4 nitrogen and oxygen atoms in total. The number of hydrogen-bond acceptors (Lipinski definition) is 4. The second kappa shape index (κ2) is 8.93. The highest BCUT2D eigenvalue weighted by Crippen LogP contribution is 2.10. The molecule has 1 unspecified atom stereocenters. The molecule has 0 radical (unpaired) electrons. The van der Waals surface area contributed by atoms with Crippen LogP contribution in [-0.2, 0) is 4.74 Å². The summed E-state index contributed by atoms with van der Waals surface area (Å²) in [5.41, 5.74) is 5.16. The molecule has 0 spiro atoms.